The maximum Gasteiger partial charge on any atom is 0.221 e. The van der Waals surface area contributed by atoms with E-state index in [1.54, 1.807) is 0 Å². The van der Waals surface area contributed by atoms with Crippen molar-refractivity contribution < 1.29 is 4.79 Å². The van der Waals surface area contributed by atoms with E-state index in [0.29, 0.717) is 30.7 Å². The number of benzene rings is 1. The van der Waals surface area contributed by atoms with E-state index in [4.69, 9.17) is 0 Å². The van der Waals surface area contributed by atoms with Crippen LogP contribution < -0.4 is 10.6 Å². The fraction of sp³-hybridized carbons (Fsp3) is 0.400. The van der Waals surface area contributed by atoms with Crippen LogP contribution in [0.5, 0.6) is 0 Å². The second-order valence-corrected chi connectivity index (χ2v) is 6.30. The molecule has 0 spiro atoms. The summed E-state index contributed by atoms with van der Waals surface area (Å²) in [5.41, 5.74) is 0.937. The quantitative estimate of drug-likeness (QED) is 0.758. The first-order valence-electron chi connectivity index (χ1n) is 7.38. The molecule has 1 fully saturated rings. The molecule has 2 heterocycles. The number of hydrogen-bond acceptors (Lipinski definition) is 4. The number of nitrogens with zero attached hydrogens (tertiary/aromatic N) is 2. The van der Waals surface area contributed by atoms with Crippen LogP contribution >= 0.6 is 15.9 Å². The molecule has 1 aliphatic rings. The van der Waals surface area contributed by atoms with Gasteiger partial charge in [0.1, 0.15) is 5.82 Å². The van der Waals surface area contributed by atoms with Gasteiger partial charge in [-0.3, -0.25) is 9.89 Å². The molecule has 0 bridgehead atoms. The van der Waals surface area contributed by atoms with Gasteiger partial charge < -0.3 is 10.6 Å². The van der Waals surface area contributed by atoms with Gasteiger partial charge in [-0.05, 0) is 31.5 Å². The molecule has 22 heavy (non-hydrogen) atoms. The minimum Gasteiger partial charge on any atom is -0.349 e. The Morgan fingerprint density at radius 1 is 1.36 bits per heavy atom. The van der Waals surface area contributed by atoms with Crippen molar-refractivity contribution in [2.45, 2.75) is 31.8 Å². The molecule has 7 heteroatoms. The van der Waals surface area contributed by atoms with Crippen LogP contribution in [-0.2, 0) is 11.3 Å². The van der Waals surface area contributed by atoms with Gasteiger partial charge in [-0.15, -0.1) is 0 Å². The Bertz CT molecular complexity index is 634. The molecular weight excluding hydrogens is 346 g/mol. The Kier molecular flexibility index (Phi) is 4.84. The maximum atomic E-state index is 11.9. The molecule has 2 aromatic rings. The van der Waals surface area contributed by atoms with Gasteiger partial charge in [0, 0.05) is 22.5 Å². The molecule has 1 aromatic carbocycles. The Morgan fingerprint density at radius 2 is 2.18 bits per heavy atom. The van der Waals surface area contributed by atoms with E-state index >= 15 is 0 Å². The second kappa shape index (κ2) is 7.02. The molecule has 3 N–H and O–H groups in total. The van der Waals surface area contributed by atoms with Crippen LogP contribution in [-0.4, -0.2) is 33.7 Å². The van der Waals surface area contributed by atoms with Gasteiger partial charge in [0.15, 0.2) is 5.82 Å². The standard InChI is InChI=1S/C15H18BrN5O/c16-11-5-3-10(4-6-11)15-19-13(20-21-15)9-18-14(22)8-12-2-1-7-17-12/h3-6,12,17H,1-2,7-9H2,(H,18,22)(H,19,20,21). The molecule has 116 valence electrons. The van der Waals surface area contributed by atoms with E-state index in [-0.39, 0.29) is 5.91 Å². The van der Waals surface area contributed by atoms with Gasteiger partial charge in [0.25, 0.3) is 0 Å². The molecule has 1 aliphatic heterocycles. The third kappa shape index (κ3) is 3.92. The van der Waals surface area contributed by atoms with Crippen LogP contribution in [0.4, 0.5) is 0 Å². The minimum absolute atomic E-state index is 0.0426. The second-order valence-electron chi connectivity index (χ2n) is 5.39. The van der Waals surface area contributed by atoms with Crippen molar-refractivity contribution in [3.8, 4) is 11.4 Å². The molecule has 1 amide bonds. The number of H-pyrrole nitrogens is 1. The highest BCUT2D eigenvalue weighted by Crippen LogP contribution is 2.18. The maximum absolute atomic E-state index is 11.9. The van der Waals surface area contributed by atoms with Gasteiger partial charge in [-0.25, -0.2) is 4.98 Å². The first-order valence-corrected chi connectivity index (χ1v) is 8.17. The van der Waals surface area contributed by atoms with Crippen LogP contribution in [0.2, 0.25) is 0 Å². The van der Waals surface area contributed by atoms with Gasteiger partial charge >= 0.3 is 0 Å². The molecule has 1 unspecified atom stereocenters. The van der Waals surface area contributed by atoms with Crippen LogP contribution in [0.15, 0.2) is 28.7 Å². The lowest BCUT2D eigenvalue weighted by atomic mass is 10.1. The topological polar surface area (TPSA) is 82.7 Å². The Labute approximate surface area is 137 Å². The Balaban J connectivity index is 1.53. The molecule has 0 aliphatic carbocycles. The first kappa shape index (κ1) is 15.2. The summed E-state index contributed by atoms with van der Waals surface area (Å²) in [6.45, 7) is 1.38. The molecule has 0 saturated carbocycles. The Hall–Kier alpha value is -1.73. The molecule has 1 saturated heterocycles. The van der Waals surface area contributed by atoms with Crippen LogP contribution in [0.1, 0.15) is 25.1 Å². The highest BCUT2D eigenvalue weighted by molar-refractivity contribution is 9.10. The summed E-state index contributed by atoms with van der Waals surface area (Å²) in [6, 6.07) is 8.10. The molecule has 1 aromatic heterocycles. The van der Waals surface area contributed by atoms with Crippen molar-refractivity contribution in [3.63, 3.8) is 0 Å². The van der Waals surface area contributed by atoms with Crippen molar-refractivity contribution in [1.82, 2.24) is 25.8 Å². The van der Waals surface area contributed by atoms with E-state index in [9.17, 15) is 4.79 Å². The lowest BCUT2D eigenvalue weighted by Gasteiger charge is -2.09. The number of rotatable bonds is 5. The summed E-state index contributed by atoms with van der Waals surface area (Å²) < 4.78 is 1.01. The van der Waals surface area contributed by atoms with Crippen LogP contribution in [0, 0.1) is 0 Å². The van der Waals surface area contributed by atoms with Gasteiger partial charge in [0.2, 0.25) is 5.91 Å². The van der Waals surface area contributed by atoms with E-state index in [1.807, 2.05) is 24.3 Å². The average molecular weight is 364 g/mol. The number of nitrogens with one attached hydrogen (secondary N) is 3. The van der Waals surface area contributed by atoms with E-state index in [1.165, 1.54) is 0 Å². The van der Waals surface area contributed by atoms with Crippen molar-refractivity contribution in [2.24, 2.45) is 0 Å². The largest absolute Gasteiger partial charge is 0.349 e. The average Bonchev–Trinajstić information content (AvgIpc) is 3.17. The summed E-state index contributed by atoms with van der Waals surface area (Å²) in [4.78, 5) is 16.3. The van der Waals surface area contributed by atoms with Crippen molar-refractivity contribution in [2.75, 3.05) is 6.54 Å². The number of hydrogen-bond donors (Lipinski definition) is 3. The number of carbonyl (C=O) groups excluding carboxylic acids is 1. The summed E-state index contributed by atoms with van der Waals surface area (Å²) in [5, 5.41) is 13.2. The number of aromatic amines is 1. The third-order valence-electron chi connectivity index (χ3n) is 3.68. The zero-order chi connectivity index (χ0) is 15.4. The number of carbonyl (C=O) groups is 1. The highest BCUT2D eigenvalue weighted by Gasteiger charge is 2.17. The lowest BCUT2D eigenvalue weighted by molar-refractivity contribution is -0.121. The molecule has 3 rings (SSSR count). The van der Waals surface area contributed by atoms with Gasteiger partial charge in [-0.1, -0.05) is 28.1 Å². The summed E-state index contributed by atoms with van der Waals surface area (Å²) in [6.07, 6.45) is 2.74. The van der Waals surface area contributed by atoms with Gasteiger partial charge in [-0.2, -0.15) is 5.10 Å². The van der Waals surface area contributed by atoms with Crippen molar-refractivity contribution in [3.05, 3.63) is 34.6 Å². The van der Waals surface area contributed by atoms with E-state index < -0.39 is 0 Å². The van der Waals surface area contributed by atoms with Crippen molar-refractivity contribution >= 4 is 21.8 Å². The normalized spacial score (nSPS) is 17.6. The van der Waals surface area contributed by atoms with E-state index in [2.05, 4.69) is 41.7 Å². The van der Waals surface area contributed by atoms with E-state index in [0.717, 1.165) is 29.4 Å². The Morgan fingerprint density at radius 3 is 2.91 bits per heavy atom. The SMILES string of the molecule is O=C(CC1CCCN1)NCc1nc(-c2ccc(Br)cc2)n[nH]1. The number of halogens is 1. The molecular formula is C15H18BrN5O. The van der Waals surface area contributed by atoms with Crippen LogP contribution in [0.3, 0.4) is 0 Å². The highest BCUT2D eigenvalue weighted by atomic mass is 79.9. The smallest absolute Gasteiger partial charge is 0.221 e. The van der Waals surface area contributed by atoms with Crippen LogP contribution in [0.25, 0.3) is 11.4 Å². The lowest BCUT2D eigenvalue weighted by Crippen LogP contribution is -2.31. The minimum atomic E-state index is 0.0426. The molecule has 1 atom stereocenters. The zero-order valence-corrected chi connectivity index (χ0v) is 13.7. The molecule has 0 radical (unpaired) electrons. The fourth-order valence-corrected chi connectivity index (χ4v) is 2.78. The van der Waals surface area contributed by atoms with Gasteiger partial charge in [0.05, 0.1) is 6.54 Å². The summed E-state index contributed by atoms with van der Waals surface area (Å²) in [5.74, 6) is 1.33. The predicted molar refractivity (Wildman–Crippen MR) is 87.0 cm³/mol. The molecule has 6 nitrogen and oxygen atoms in total. The number of aromatic nitrogens is 3. The number of amides is 1. The summed E-state index contributed by atoms with van der Waals surface area (Å²) in [7, 11) is 0. The summed E-state index contributed by atoms with van der Waals surface area (Å²) >= 11 is 3.40. The monoisotopic (exact) mass is 363 g/mol. The van der Waals surface area contributed by atoms with Crippen molar-refractivity contribution in [1.29, 1.82) is 0 Å². The third-order valence-corrected chi connectivity index (χ3v) is 4.21. The predicted octanol–water partition coefficient (Wildman–Crippen LogP) is 1.99. The zero-order valence-electron chi connectivity index (χ0n) is 12.1. The first-order chi connectivity index (χ1) is 10.7. The fourth-order valence-electron chi connectivity index (χ4n) is 2.51.